The third-order valence-corrected chi connectivity index (χ3v) is 7.47. The van der Waals surface area contributed by atoms with Crippen molar-refractivity contribution in [3.05, 3.63) is 48.0 Å². The summed E-state index contributed by atoms with van der Waals surface area (Å²) < 4.78 is 24.7. The van der Waals surface area contributed by atoms with Gasteiger partial charge in [0.15, 0.2) is 9.84 Å². The van der Waals surface area contributed by atoms with Crippen LogP contribution in [-0.4, -0.2) is 60.8 Å². The van der Waals surface area contributed by atoms with Crippen LogP contribution in [0, 0.1) is 5.92 Å². The number of carbonyl (C=O) groups is 1. The molecular formula is C21H26N2O3S. The molecule has 5 nitrogen and oxygen atoms in total. The number of benzene rings is 2. The summed E-state index contributed by atoms with van der Waals surface area (Å²) in [6.45, 7) is 5.78. The maximum atomic E-state index is 12.6. The van der Waals surface area contributed by atoms with Crippen molar-refractivity contribution in [2.24, 2.45) is 5.92 Å². The van der Waals surface area contributed by atoms with E-state index < -0.39 is 9.84 Å². The fraction of sp³-hybridized carbons (Fsp3) is 0.476. The van der Waals surface area contributed by atoms with Crippen LogP contribution in [0.15, 0.2) is 42.5 Å². The van der Waals surface area contributed by atoms with Crippen molar-refractivity contribution in [1.82, 2.24) is 9.80 Å². The number of rotatable bonds is 3. The second-order valence-corrected chi connectivity index (χ2v) is 10.2. The first kappa shape index (κ1) is 18.4. The van der Waals surface area contributed by atoms with Crippen LogP contribution in [0.4, 0.5) is 0 Å². The molecule has 6 heteroatoms. The van der Waals surface area contributed by atoms with Crippen LogP contribution in [0.2, 0.25) is 0 Å². The lowest BCUT2D eigenvalue weighted by atomic mass is 10.0. The summed E-state index contributed by atoms with van der Waals surface area (Å²) in [7, 11) is -3.12. The van der Waals surface area contributed by atoms with Gasteiger partial charge in [0.2, 0.25) is 5.91 Å². The van der Waals surface area contributed by atoms with Crippen molar-refractivity contribution < 1.29 is 13.2 Å². The Balaban J connectivity index is 1.59. The summed E-state index contributed by atoms with van der Waals surface area (Å²) in [5.74, 6) is 0.186. The molecule has 2 aromatic rings. The van der Waals surface area contributed by atoms with Crippen molar-refractivity contribution in [2.75, 3.05) is 24.6 Å². The summed E-state index contributed by atoms with van der Waals surface area (Å²) in [5, 5.41) is 2.40. The largest absolute Gasteiger partial charge is 0.336 e. The average Bonchev–Trinajstić information content (AvgIpc) is 2.96. The van der Waals surface area contributed by atoms with Crippen LogP contribution in [-0.2, 0) is 21.2 Å². The van der Waals surface area contributed by atoms with Crippen molar-refractivity contribution in [1.29, 1.82) is 0 Å². The first-order valence-electron chi connectivity index (χ1n) is 9.57. The van der Waals surface area contributed by atoms with Crippen molar-refractivity contribution in [3.63, 3.8) is 0 Å². The van der Waals surface area contributed by atoms with Gasteiger partial charge in [-0.25, -0.2) is 8.42 Å². The zero-order valence-electron chi connectivity index (χ0n) is 15.8. The zero-order valence-corrected chi connectivity index (χ0v) is 16.7. The van der Waals surface area contributed by atoms with Gasteiger partial charge in [-0.15, -0.1) is 0 Å². The lowest BCUT2D eigenvalue weighted by Gasteiger charge is -2.44. The highest BCUT2D eigenvalue weighted by atomic mass is 32.2. The summed E-state index contributed by atoms with van der Waals surface area (Å²) in [6, 6.07) is 14.3. The third-order valence-electron chi connectivity index (χ3n) is 5.77. The Kier molecular flexibility index (Phi) is 4.72. The standard InChI is InChI=1S/C21H26N2O3S/c1-15(2)21(24)23-10-9-22(19-13-27(25,26)14-20(19)23)12-16-7-8-17-5-3-4-6-18(17)11-16/h3-8,11,15,19-20H,9-10,12-14H2,1-2H3/t19-,20+/m0/s1. The zero-order chi connectivity index (χ0) is 19.2. The van der Waals surface area contributed by atoms with Gasteiger partial charge in [0.1, 0.15) is 0 Å². The Bertz CT molecular complexity index is 970. The van der Waals surface area contributed by atoms with E-state index in [1.807, 2.05) is 30.9 Å². The van der Waals surface area contributed by atoms with Gasteiger partial charge in [0.25, 0.3) is 0 Å². The second-order valence-electron chi connectivity index (χ2n) is 8.05. The van der Waals surface area contributed by atoms with Gasteiger partial charge in [0, 0.05) is 31.6 Å². The van der Waals surface area contributed by atoms with Gasteiger partial charge >= 0.3 is 0 Å². The van der Waals surface area contributed by atoms with Gasteiger partial charge in [-0.3, -0.25) is 9.69 Å². The number of piperazine rings is 1. The lowest BCUT2D eigenvalue weighted by Crippen LogP contribution is -2.60. The Morgan fingerprint density at radius 1 is 1.04 bits per heavy atom. The number of nitrogens with zero attached hydrogens (tertiary/aromatic N) is 2. The Morgan fingerprint density at radius 2 is 1.74 bits per heavy atom. The highest BCUT2D eigenvalue weighted by Gasteiger charge is 2.48. The van der Waals surface area contributed by atoms with Crippen LogP contribution in [0.3, 0.4) is 0 Å². The van der Waals surface area contributed by atoms with E-state index in [1.54, 1.807) is 0 Å². The molecule has 0 unspecified atom stereocenters. The molecular weight excluding hydrogens is 360 g/mol. The van der Waals surface area contributed by atoms with Crippen molar-refractivity contribution in [2.45, 2.75) is 32.5 Å². The molecule has 0 N–H and O–H groups in total. The van der Waals surface area contributed by atoms with Gasteiger partial charge in [-0.1, -0.05) is 50.2 Å². The minimum Gasteiger partial charge on any atom is -0.336 e. The molecule has 2 aliphatic heterocycles. The summed E-state index contributed by atoms with van der Waals surface area (Å²) in [6.07, 6.45) is 0. The van der Waals surface area contributed by atoms with E-state index in [0.717, 1.165) is 0 Å². The van der Waals surface area contributed by atoms with Crippen LogP contribution >= 0.6 is 0 Å². The SMILES string of the molecule is CC(C)C(=O)N1CCN(Cc2ccc3ccccc3c2)[C@H]2CS(=O)(=O)C[C@H]21. The molecule has 2 aliphatic rings. The van der Waals surface area contributed by atoms with Crippen LogP contribution in [0.25, 0.3) is 10.8 Å². The number of hydrogen-bond donors (Lipinski definition) is 0. The van der Waals surface area contributed by atoms with Crippen molar-refractivity contribution >= 4 is 26.5 Å². The van der Waals surface area contributed by atoms with E-state index >= 15 is 0 Å². The van der Waals surface area contributed by atoms with Crippen LogP contribution in [0.5, 0.6) is 0 Å². The fourth-order valence-corrected chi connectivity index (χ4v) is 6.41. The fourth-order valence-electron chi connectivity index (χ4n) is 4.40. The van der Waals surface area contributed by atoms with Gasteiger partial charge in [0.05, 0.1) is 17.5 Å². The van der Waals surface area contributed by atoms with Gasteiger partial charge < -0.3 is 4.90 Å². The average molecular weight is 387 g/mol. The third kappa shape index (κ3) is 3.60. The monoisotopic (exact) mass is 386 g/mol. The maximum Gasteiger partial charge on any atom is 0.225 e. The topological polar surface area (TPSA) is 57.7 Å². The van der Waals surface area contributed by atoms with E-state index in [2.05, 4.69) is 35.2 Å². The summed E-state index contributed by atoms with van der Waals surface area (Å²) >= 11 is 0. The molecule has 0 aliphatic carbocycles. The molecule has 144 valence electrons. The highest BCUT2D eigenvalue weighted by Crippen LogP contribution is 2.29. The molecule has 27 heavy (non-hydrogen) atoms. The number of carbonyl (C=O) groups excluding carboxylic acids is 1. The van der Waals surface area contributed by atoms with E-state index in [1.165, 1.54) is 16.3 Å². The number of fused-ring (bicyclic) bond motifs is 2. The predicted octanol–water partition coefficient (Wildman–Crippen LogP) is 2.31. The molecule has 2 atom stereocenters. The normalized spacial score (nSPS) is 25.1. The predicted molar refractivity (Wildman–Crippen MR) is 107 cm³/mol. The summed E-state index contributed by atoms with van der Waals surface area (Å²) in [5.41, 5.74) is 1.18. The molecule has 2 fully saturated rings. The van der Waals surface area contributed by atoms with E-state index in [9.17, 15) is 13.2 Å². The molecule has 0 radical (unpaired) electrons. The van der Waals surface area contributed by atoms with Gasteiger partial charge in [-0.05, 0) is 22.4 Å². The van der Waals surface area contributed by atoms with Crippen LogP contribution in [0.1, 0.15) is 19.4 Å². The molecule has 0 aromatic heterocycles. The minimum absolute atomic E-state index is 0.0625. The van der Waals surface area contributed by atoms with E-state index in [4.69, 9.17) is 0 Å². The smallest absolute Gasteiger partial charge is 0.225 e. The number of hydrogen-bond acceptors (Lipinski definition) is 4. The quantitative estimate of drug-likeness (QED) is 0.812. The summed E-state index contributed by atoms with van der Waals surface area (Å²) in [4.78, 5) is 16.6. The molecule has 0 bridgehead atoms. The minimum atomic E-state index is -3.12. The molecule has 0 saturated carbocycles. The molecule has 2 heterocycles. The Hall–Kier alpha value is -1.92. The van der Waals surface area contributed by atoms with Gasteiger partial charge in [-0.2, -0.15) is 0 Å². The Labute approximate surface area is 160 Å². The first-order chi connectivity index (χ1) is 12.8. The first-order valence-corrected chi connectivity index (χ1v) is 11.4. The molecule has 0 spiro atoms. The molecule has 2 saturated heterocycles. The molecule has 1 amide bonds. The number of amides is 1. The van der Waals surface area contributed by atoms with E-state index in [-0.39, 0.29) is 35.4 Å². The van der Waals surface area contributed by atoms with Crippen molar-refractivity contribution in [3.8, 4) is 0 Å². The van der Waals surface area contributed by atoms with E-state index in [0.29, 0.717) is 19.6 Å². The Morgan fingerprint density at radius 3 is 2.48 bits per heavy atom. The highest BCUT2D eigenvalue weighted by molar-refractivity contribution is 7.91. The molecule has 4 rings (SSSR count). The number of sulfone groups is 1. The second kappa shape index (κ2) is 6.91. The molecule has 2 aromatic carbocycles. The lowest BCUT2D eigenvalue weighted by molar-refractivity contribution is -0.140. The van der Waals surface area contributed by atoms with Crippen LogP contribution < -0.4 is 0 Å². The maximum absolute atomic E-state index is 12.6.